The number of fused-ring (bicyclic) bond motifs is 3. The molecule has 1 aliphatic rings. The third kappa shape index (κ3) is 2.81. The molecular weight excluding hydrogens is 386 g/mol. The molecule has 1 atom stereocenters. The van der Waals surface area contributed by atoms with Crippen LogP contribution in [0.2, 0.25) is 5.02 Å². The molecule has 0 saturated carbocycles. The van der Waals surface area contributed by atoms with Crippen LogP contribution in [0.15, 0.2) is 40.5 Å². The van der Waals surface area contributed by atoms with E-state index in [9.17, 15) is 10.1 Å². The summed E-state index contributed by atoms with van der Waals surface area (Å²) in [6.07, 6.45) is 0. The summed E-state index contributed by atoms with van der Waals surface area (Å²) in [4.78, 5) is 20.0. The first-order chi connectivity index (χ1) is 13.0. The minimum atomic E-state index is -0.645. The summed E-state index contributed by atoms with van der Waals surface area (Å²) < 4.78 is 6.39. The first-order valence-electron chi connectivity index (χ1n) is 8.17. The van der Waals surface area contributed by atoms with Crippen molar-refractivity contribution < 1.29 is 4.74 Å². The molecule has 1 aromatic carbocycles. The molecule has 3 heterocycles. The van der Waals surface area contributed by atoms with Crippen molar-refractivity contribution >= 4 is 38.4 Å². The lowest BCUT2D eigenvalue weighted by atomic mass is 9.84. The number of pyridine rings is 1. The number of thiazole rings is 1. The van der Waals surface area contributed by atoms with Gasteiger partial charge >= 0.3 is 0 Å². The van der Waals surface area contributed by atoms with E-state index in [4.69, 9.17) is 22.1 Å². The number of aromatic amines is 1. The van der Waals surface area contributed by atoms with Crippen LogP contribution < -0.4 is 21.3 Å². The van der Waals surface area contributed by atoms with Crippen LogP contribution in [-0.4, -0.2) is 16.5 Å². The predicted octanol–water partition coefficient (Wildman–Crippen LogP) is 3.29. The number of aromatic nitrogens is 2. The minimum Gasteiger partial charge on any atom is -0.438 e. The molecule has 2 aromatic heterocycles. The molecular formula is C18H14ClN5O2S. The van der Waals surface area contributed by atoms with Gasteiger partial charge in [-0.25, -0.2) is 4.98 Å². The molecule has 0 saturated heterocycles. The van der Waals surface area contributed by atoms with E-state index >= 15 is 0 Å². The average Bonchev–Trinajstić information content (AvgIpc) is 3.04. The predicted molar refractivity (Wildman–Crippen MR) is 105 cm³/mol. The van der Waals surface area contributed by atoms with Gasteiger partial charge in [-0.1, -0.05) is 35.1 Å². The molecule has 27 heavy (non-hydrogen) atoms. The Balaban J connectivity index is 2.01. The number of nitrogens with two attached hydrogens (primary N) is 1. The van der Waals surface area contributed by atoms with Crippen molar-refractivity contribution in [1.82, 2.24) is 9.97 Å². The number of hydrogen-bond acceptors (Lipinski definition) is 7. The Morgan fingerprint density at radius 1 is 1.44 bits per heavy atom. The van der Waals surface area contributed by atoms with E-state index in [1.165, 1.54) is 11.3 Å². The van der Waals surface area contributed by atoms with Crippen molar-refractivity contribution in [3.63, 3.8) is 0 Å². The Bertz CT molecular complexity index is 1170. The smallest absolute Gasteiger partial charge is 0.257 e. The lowest BCUT2D eigenvalue weighted by Gasteiger charge is -2.25. The average molecular weight is 400 g/mol. The molecule has 1 aliphatic heterocycles. The monoisotopic (exact) mass is 399 g/mol. The topological polar surface area (TPSA) is 117 Å². The van der Waals surface area contributed by atoms with E-state index in [0.717, 1.165) is 5.56 Å². The van der Waals surface area contributed by atoms with Crippen molar-refractivity contribution in [3.05, 3.63) is 62.2 Å². The number of anilines is 1. The molecule has 4 rings (SSSR count). The molecule has 0 amide bonds. The fourth-order valence-corrected chi connectivity index (χ4v) is 4.22. The Kier molecular flexibility index (Phi) is 4.26. The van der Waals surface area contributed by atoms with E-state index in [-0.39, 0.29) is 17.0 Å². The van der Waals surface area contributed by atoms with Crippen LogP contribution in [0, 0.1) is 11.3 Å². The van der Waals surface area contributed by atoms with Crippen molar-refractivity contribution in [2.24, 2.45) is 5.73 Å². The van der Waals surface area contributed by atoms with Gasteiger partial charge in [-0.2, -0.15) is 5.26 Å². The summed E-state index contributed by atoms with van der Waals surface area (Å²) >= 11 is 7.34. The van der Waals surface area contributed by atoms with Gasteiger partial charge in [-0.3, -0.25) is 4.79 Å². The second kappa shape index (κ2) is 6.61. The summed E-state index contributed by atoms with van der Waals surface area (Å²) in [7, 11) is 0. The highest BCUT2D eigenvalue weighted by atomic mass is 35.5. The van der Waals surface area contributed by atoms with Crippen LogP contribution in [-0.2, 0) is 0 Å². The van der Waals surface area contributed by atoms with E-state index in [1.807, 2.05) is 6.92 Å². The first kappa shape index (κ1) is 17.4. The van der Waals surface area contributed by atoms with Crippen LogP contribution in [0.4, 0.5) is 5.13 Å². The zero-order chi connectivity index (χ0) is 19.1. The molecule has 7 nitrogen and oxygen atoms in total. The Morgan fingerprint density at radius 3 is 2.85 bits per heavy atom. The number of nitrogens with zero attached hydrogens (tertiary/aromatic N) is 2. The Morgan fingerprint density at radius 2 is 2.19 bits per heavy atom. The zero-order valence-electron chi connectivity index (χ0n) is 14.2. The summed E-state index contributed by atoms with van der Waals surface area (Å²) in [5, 5.41) is 14.0. The van der Waals surface area contributed by atoms with E-state index in [2.05, 4.69) is 21.4 Å². The molecule has 136 valence electrons. The van der Waals surface area contributed by atoms with Gasteiger partial charge in [0.25, 0.3) is 5.56 Å². The molecule has 4 N–H and O–H groups in total. The number of halogens is 1. The fourth-order valence-electron chi connectivity index (χ4n) is 3.11. The molecule has 3 aromatic rings. The maximum Gasteiger partial charge on any atom is 0.257 e. The number of H-pyrrole nitrogens is 1. The van der Waals surface area contributed by atoms with Gasteiger partial charge in [0.2, 0.25) is 5.88 Å². The number of nitrogens with one attached hydrogen (secondary N) is 2. The maximum absolute atomic E-state index is 12.9. The second-order valence-corrected chi connectivity index (χ2v) is 7.34. The number of benzene rings is 1. The van der Waals surface area contributed by atoms with E-state index < -0.39 is 5.92 Å². The molecule has 0 spiro atoms. The fraction of sp³-hybridized carbons (Fsp3) is 0.167. The van der Waals surface area contributed by atoms with Crippen LogP contribution in [0.1, 0.15) is 24.0 Å². The summed E-state index contributed by atoms with van der Waals surface area (Å²) in [6, 6.07) is 9.04. The summed E-state index contributed by atoms with van der Waals surface area (Å²) in [5.41, 5.74) is 7.33. The Labute approximate surface area is 163 Å². The van der Waals surface area contributed by atoms with Crippen molar-refractivity contribution in [2.75, 3.05) is 11.9 Å². The van der Waals surface area contributed by atoms with Gasteiger partial charge in [0, 0.05) is 11.6 Å². The number of nitriles is 1. The third-order valence-electron chi connectivity index (χ3n) is 4.26. The van der Waals surface area contributed by atoms with Gasteiger partial charge in [-0.05, 0) is 24.6 Å². The van der Waals surface area contributed by atoms with Crippen molar-refractivity contribution in [1.29, 1.82) is 5.26 Å². The maximum atomic E-state index is 12.9. The molecule has 0 fully saturated rings. The molecule has 0 unspecified atom stereocenters. The lowest BCUT2D eigenvalue weighted by Crippen LogP contribution is -2.27. The van der Waals surface area contributed by atoms with Gasteiger partial charge in [0.05, 0.1) is 11.5 Å². The van der Waals surface area contributed by atoms with Crippen LogP contribution in [0.3, 0.4) is 0 Å². The highest BCUT2D eigenvalue weighted by Crippen LogP contribution is 2.45. The first-order valence-corrected chi connectivity index (χ1v) is 9.36. The van der Waals surface area contributed by atoms with Crippen LogP contribution in [0.25, 0.3) is 10.3 Å². The molecule has 0 radical (unpaired) electrons. The van der Waals surface area contributed by atoms with Gasteiger partial charge in [-0.15, -0.1) is 0 Å². The number of allylic oxidation sites excluding steroid dienone is 1. The minimum absolute atomic E-state index is 0.0183. The highest BCUT2D eigenvalue weighted by molar-refractivity contribution is 7.22. The molecule has 9 heteroatoms. The standard InChI is InChI=1S/C18H14ClN5O2S/c1-2-22-18-24-16-14(27-18)13-12(17(25)23-16)11(10(7-20)15(21)26-13)8-3-5-9(19)6-4-8/h3-6,11H,2,21H2,1H3,(H2,22,23,24,25)/t11-/m1/s1. The van der Waals surface area contributed by atoms with Gasteiger partial charge in [0.15, 0.2) is 16.5 Å². The Hall–Kier alpha value is -3.02. The van der Waals surface area contributed by atoms with Gasteiger partial charge in [0.1, 0.15) is 16.3 Å². The number of ether oxygens (including phenoxy) is 1. The third-order valence-corrected chi connectivity index (χ3v) is 5.53. The lowest BCUT2D eigenvalue weighted by molar-refractivity contribution is 0.397. The van der Waals surface area contributed by atoms with Gasteiger partial charge < -0.3 is 20.8 Å². The van der Waals surface area contributed by atoms with Crippen molar-refractivity contribution in [3.8, 4) is 11.8 Å². The quantitative estimate of drug-likeness (QED) is 0.622. The highest BCUT2D eigenvalue weighted by Gasteiger charge is 2.35. The second-order valence-electron chi connectivity index (χ2n) is 5.90. The molecule has 0 aliphatic carbocycles. The number of rotatable bonds is 3. The number of hydrogen-bond donors (Lipinski definition) is 3. The summed E-state index contributed by atoms with van der Waals surface area (Å²) in [5.74, 6) is -0.323. The van der Waals surface area contributed by atoms with Crippen LogP contribution in [0.5, 0.6) is 5.75 Å². The SMILES string of the molecule is CCNc1nc2[nH]c(=O)c3c(c2s1)OC(N)=C(C#N)[C@H]3c1ccc(Cl)cc1. The van der Waals surface area contributed by atoms with Crippen LogP contribution >= 0.6 is 22.9 Å². The molecule has 0 bridgehead atoms. The van der Waals surface area contributed by atoms with Crippen molar-refractivity contribution in [2.45, 2.75) is 12.8 Å². The van der Waals surface area contributed by atoms with E-state index in [1.54, 1.807) is 24.3 Å². The zero-order valence-corrected chi connectivity index (χ0v) is 15.7. The summed E-state index contributed by atoms with van der Waals surface area (Å²) in [6.45, 7) is 2.65. The largest absolute Gasteiger partial charge is 0.438 e. The normalized spacial score (nSPS) is 16.0. The van der Waals surface area contributed by atoms with E-state index in [0.29, 0.717) is 38.4 Å².